The van der Waals surface area contributed by atoms with Crippen LogP contribution in [0.5, 0.6) is 0 Å². The number of hydrogen-bond acceptors (Lipinski definition) is 2. The third-order valence-electron chi connectivity index (χ3n) is 0.789. The van der Waals surface area contributed by atoms with Crippen molar-refractivity contribution in [3.63, 3.8) is 0 Å². The molecule has 1 fully saturated rings. The minimum atomic E-state index is -3.67. The Morgan fingerprint density at radius 2 is 1.18 bits per heavy atom. The summed E-state index contributed by atoms with van der Waals surface area (Å²) in [6.45, 7) is -3.67. The summed E-state index contributed by atoms with van der Waals surface area (Å²) in [7, 11) is 4.02. The van der Waals surface area contributed by atoms with Gasteiger partial charge in [-0.1, -0.05) is 21.6 Å². The minimum absolute atomic E-state index is 0. The Morgan fingerprint density at radius 1 is 0.909 bits per heavy atom. The topological polar surface area (TPSA) is 0 Å². The van der Waals surface area contributed by atoms with Crippen molar-refractivity contribution in [1.82, 2.24) is 0 Å². The molecule has 6 heteroatoms. The summed E-state index contributed by atoms with van der Waals surface area (Å²) in [5.74, 6) is 2.76. The molecule has 70 valence electrons. The number of hydrogen-bond donors (Lipinski definition) is 0. The van der Waals surface area contributed by atoms with Crippen LogP contribution in [-0.2, 0) is 0 Å². The molecule has 0 spiro atoms. The highest BCUT2D eigenvalue weighted by Gasteiger charge is 1.96. The average molecular weight is 224 g/mol. The summed E-state index contributed by atoms with van der Waals surface area (Å²) in [6.07, 6.45) is 2.88. The third kappa shape index (κ3) is 18.1. The maximum atomic E-state index is 9.67. The zero-order chi connectivity index (χ0) is 7.82. The second kappa shape index (κ2) is 10.8. The minimum Gasteiger partial charge on any atom is -0.197 e. The molecule has 0 radical (unpaired) electrons. The number of rotatable bonds is 0. The monoisotopic (exact) mass is 224 g/mol. The molecule has 0 aliphatic carbocycles. The fraction of sp³-hybridized carbons (Fsp3) is 1.00. The Balaban J connectivity index is 0. The van der Waals surface area contributed by atoms with Gasteiger partial charge in [0.15, 0.2) is 0 Å². The molecule has 0 amide bonds. The van der Waals surface area contributed by atoms with E-state index in [0.717, 1.165) is 0 Å². The van der Waals surface area contributed by atoms with Crippen molar-refractivity contribution >= 4 is 35.1 Å². The van der Waals surface area contributed by atoms with Crippen LogP contribution in [0, 0.1) is 0 Å². The predicted molar refractivity (Wildman–Crippen MR) is 51.6 cm³/mol. The second-order valence-electron chi connectivity index (χ2n) is 1.60. The largest absolute Gasteiger partial charge is 0.379 e. The third-order valence-corrected chi connectivity index (χ3v) is 3.37. The van der Waals surface area contributed by atoms with Gasteiger partial charge in [-0.05, 0) is 12.8 Å². The number of alkyl halides is 3. The van der Waals surface area contributed by atoms with Crippen LogP contribution in [-0.4, -0.2) is 18.2 Å². The summed E-state index contributed by atoms with van der Waals surface area (Å²) in [5.41, 5.74) is 0. The Bertz CT molecular complexity index is 53.7. The van der Waals surface area contributed by atoms with Crippen LogP contribution >= 0.6 is 35.1 Å². The molecule has 0 unspecified atom stereocenters. The molecular weight excluding hydrogens is 213 g/mol. The molecule has 0 nitrogen and oxygen atoms in total. The van der Waals surface area contributed by atoms with E-state index in [2.05, 4.69) is 0 Å². The lowest BCUT2D eigenvalue weighted by molar-refractivity contribution is 0.00819. The normalized spacial score (nSPS) is 16.4. The maximum absolute atomic E-state index is 9.67. The molecule has 1 heterocycles. The molecule has 1 rings (SSSR count). The Hall–Kier alpha value is 0.840. The van der Waals surface area contributed by atoms with E-state index in [-0.39, 0.29) is 13.5 Å². The van der Waals surface area contributed by atoms with Gasteiger partial charge in [-0.2, -0.15) is 26.7 Å². The first-order chi connectivity index (χ1) is 4.73. The van der Waals surface area contributed by atoms with E-state index in [1.807, 2.05) is 21.6 Å². The van der Waals surface area contributed by atoms with Gasteiger partial charge in [-0.3, -0.25) is 0 Å². The summed E-state index contributed by atoms with van der Waals surface area (Å²) >= 11 is 0. The fourth-order valence-electron chi connectivity index (χ4n) is 0.440. The Labute approximate surface area is 79.5 Å². The van der Waals surface area contributed by atoms with Crippen molar-refractivity contribution in [2.24, 2.45) is 0 Å². The van der Waals surface area contributed by atoms with E-state index in [1.54, 1.807) is 0 Å². The molecule has 0 bridgehead atoms. The van der Waals surface area contributed by atoms with Gasteiger partial charge in [0.2, 0.25) is 0 Å². The summed E-state index contributed by atoms with van der Waals surface area (Å²) < 4.78 is 29.0. The Morgan fingerprint density at radius 3 is 1.27 bits per heavy atom. The maximum Gasteiger partial charge on any atom is 0.379 e. The molecule has 0 aromatic carbocycles. The SMILES string of the molecule is C1CCSSC1.FC(F)F.S. The molecule has 11 heavy (non-hydrogen) atoms. The standard InChI is InChI=1S/C4H8S2.CHF3.H2S/c1-2-4-6-5-3-1;2-1(3)4;/h1-4H2;1H;1H2. The molecule has 1 aliphatic rings. The van der Waals surface area contributed by atoms with E-state index in [4.69, 9.17) is 0 Å². The van der Waals surface area contributed by atoms with Gasteiger partial charge in [-0.15, -0.1) is 0 Å². The van der Waals surface area contributed by atoms with Gasteiger partial charge in [0.05, 0.1) is 0 Å². The average Bonchev–Trinajstić information content (AvgIpc) is 1.90. The quantitative estimate of drug-likeness (QED) is 0.578. The van der Waals surface area contributed by atoms with Crippen molar-refractivity contribution in [3.8, 4) is 0 Å². The van der Waals surface area contributed by atoms with Crippen LogP contribution in [0.4, 0.5) is 13.2 Å². The van der Waals surface area contributed by atoms with Crippen LogP contribution in [0.25, 0.3) is 0 Å². The van der Waals surface area contributed by atoms with Crippen LogP contribution in [0.2, 0.25) is 0 Å². The first kappa shape index (κ1) is 14.4. The van der Waals surface area contributed by atoms with Crippen molar-refractivity contribution in [3.05, 3.63) is 0 Å². The number of halogens is 3. The van der Waals surface area contributed by atoms with Crippen LogP contribution in [0.1, 0.15) is 12.8 Å². The van der Waals surface area contributed by atoms with E-state index in [1.165, 1.54) is 24.3 Å². The smallest absolute Gasteiger partial charge is 0.197 e. The molecule has 1 saturated heterocycles. The van der Waals surface area contributed by atoms with E-state index in [9.17, 15) is 13.2 Å². The Kier molecular flexibility index (Phi) is 14.2. The van der Waals surface area contributed by atoms with Crippen LogP contribution < -0.4 is 0 Å². The highest BCUT2D eigenvalue weighted by Crippen LogP contribution is 2.28. The molecule has 1 aliphatic heterocycles. The first-order valence-electron chi connectivity index (χ1n) is 2.90. The lowest BCUT2D eigenvalue weighted by Crippen LogP contribution is -1.86. The second-order valence-corrected chi connectivity index (χ2v) is 4.30. The molecular formula is C5H11F3S3. The van der Waals surface area contributed by atoms with Gasteiger partial charge < -0.3 is 0 Å². The van der Waals surface area contributed by atoms with Crippen LogP contribution in [0.3, 0.4) is 0 Å². The lowest BCUT2D eigenvalue weighted by atomic mass is 10.4. The van der Waals surface area contributed by atoms with E-state index >= 15 is 0 Å². The summed E-state index contributed by atoms with van der Waals surface area (Å²) in [5, 5.41) is 0. The van der Waals surface area contributed by atoms with Gasteiger partial charge in [0.1, 0.15) is 0 Å². The van der Waals surface area contributed by atoms with E-state index in [0.29, 0.717) is 0 Å². The molecule has 0 saturated carbocycles. The fourth-order valence-corrected chi connectivity index (χ4v) is 2.73. The zero-order valence-electron chi connectivity index (χ0n) is 5.86. The molecule has 0 aromatic heterocycles. The zero-order valence-corrected chi connectivity index (χ0v) is 8.49. The van der Waals surface area contributed by atoms with Crippen molar-refractivity contribution < 1.29 is 13.2 Å². The van der Waals surface area contributed by atoms with Gasteiger partial charge in [0.25, 0.3) is 0 Å². The van der Waals surface area contributed by atoms with E-state index < -0.39 is 6.68 Å². The predicted octanol–water partition coefficient (Wildman–Crippen LogP) is 3.45. The first-order valence-corrected chi connectivity index (χ1v) is 5.39. The van der Waals surface area contributed by atoms with Crippen molar-refractivity contribution in [2.45, 2.75) is 19.5 Å². The van der Waals surface area contributed by atoms with Crippen LogP contribution in [0.15, 0.2) is 0 Å². The van der Waals surface area contributed by atoms with Gasteiger partial charge in [0, 0.05) is 11.5 Å². The van der Waals surface area contributed by atoms with Gasteiger partial charge in [-0.25, -0.2) is 0 Å². The van der Waals surface area contributed by atoms with Gasteiger partial charge >= 0.3 is 6.68 Å². The highest BCUT2D eigenvalue weighted by atomic mass is 33.1. The lowest BCUT2D eigenvalue weighted by Gasteiger charge is -2.04. The molecule has 0 atom stereocenters. The molecule has 0 N–H and O–H groups in total. The summed E-state index contributed by atoms with van der Waals surface area (Å²) in [4.78, 5) is 0. The van der Waals surface area contributed by atoms with Crippen molar-refractivity contribution in [1.29, 1.82) is 0 Å². The van der Waals surface area contributed by atoms with Crippen molar-refractivity contribution in [2.75, 3.05) is 11.5 Å². The summed E-state index contributed by atoms with van der Waals surface area (Å²) in [6, 6.07) is 0. The molecule has 0 aromatic rings. The highest BCUT2D eigenvalue weighted by molar-refractivity contribution is 8.76.